The fourth-order valence-electron chi connectivity index (χ4n) is 5.32. The number of hydrogen-bond donors (Lipinski definition) is 1. The predicted octanol–water partition coefficient (Wildman–Crippen LogP) is 6.07. The first-order chi connectivity index (χ1) is 22.7. The van der Waals surface area contributed by atoms with E-state index >= 15 is 0 Å². The van der Waals surface area contributed by atoms with Crippen molar-refractivity contribution >= 4 is 27.5 Å². The largest absolute Gasteiger partial charge is 0.493 e. The summed E-state index contributed by atoms with van der Waals surface area (Å²) < 4.78 is 40.6. The molecule has 9 nitrogen and oxygen atoms in total. The van der Waals surface area contributed by atoms with Crippen LogP contribution in [-0.4, -0.2) is 57.5 Å². The zero-order valence-corrected chi connectivity index (χ0v) is 29.5. The van der Waals surface area contributed by atoms with Crippen LogP contribution < -0.4 is 19.1 Å². The molecule has 4 aromatic carbocycles. The molecule has 1 atom stereocenters. The lowest BCUT2D eigenvalue weighted by Crippen LogP contribution is -2.56. The Kier molecular flexibility index (Phi) is 11.5. The SMILES string of the molecule is COc1ccc(S(=O)(=O)N(CC(=O)N(Cc2ccccc2C)[C@H](Cc2ccccc2)C(=O)NC(C)(C)C)c2ccc(C)cc2)cc1OC. The van der Waals surface area contributed by atoms with Gasteiger partial charge in [-0.05, 0) is 75.6 Å². The summed E-state index contributed by atoms with van der Waals surface area (Å²) >= 11 is 0. The molecule has 0 saturated carbocycles. The number of rotatable bonds is 13. The monoisotopic (exact) mass is 671 g/mol. The Bertz CT molecular complexity index is 1820. The van der Waals surface area contributed by atoms with E-state index < -0.39 is 34.1 Å². The second kappa shape index (κ2) is 15.4. The predicted molar refractivity (Wildman–Crippen MR) is 189 cm³/mol. The molecule has 0 aromatic heterocycles. The third-order valence-electron chi connectivity index (χ3n) is 7.92. The number of ether oxygens (including phenoxy) is 2. The Morgan fingerprint density at radius 1 is 0.812 bits per heavy atom. The summed E-state index contributed by atoms with van der Waals surface area (Å²) in [6.07, 6.45) is 0.229. The van der Waals surface area contributed by atoms with Crippen LogP contribution in [0, 0.1) is 13.8 Å². The van der Waals surface area contributed by atoms with E-state index in [2.05, 4.69) is 5.32 Å². The third kappa shape index (κ3) is 8.95. The normalized spacial score (nSPS) is 12.1. The Morgan fingerprint density at radius 3 is 2.04 bits per heavy atom. The summed E-state index contributed by atoms with van der Waals surface area (Å²) in [5, 5.41) is 3.06. The van der Waals surface area contributed by atoms with Gasteiger partial charge in [0.05, 0.1) is 24.8 Å². The van der Waals surface area contributed by atoms with Crippen LogP contribution in [-0.2, 0) is 32.6 Å². The minimum Gasteiger partial charge on any atom is -0.493 e. The zero-order chi connectivity index (χ0) is 35.1. The number of nitrogens with one attached hydrogen (secondary N) is 1. The van der Waals surface area contributed by atoms with E-state index in [1.807, 2.05) is 89.2 Å². The molecule has 0 heterocycles. The van der Waals surface area contributed by atoms with E-state index in [-0.39, 0.29) is 29.5 Å². The number of benzene rings is 4. The van der Waals surface area contributed by atoms with Gasteiger partial charge in [0.1, 0.15) is 12.6 Å². The van der Waals surface area contributed by atoms with E-state index in [0.29, 0.717) is 11.4 Å². The molecule has 10 heteroatoms. The Balaban J connectivity index is 1.85. The zero-order valence-electron chi connectivity index (χ0n) is 28.7. The van der Waals surface area contributed by atoms with Crippen molar-refractivity contribution in [2.75, 3.05) is 25.1 Å². The lowest BCUT2D eigenvalue weighted by Gasteiger charge is -2.35. The van der Waals surface area contributed by atoms with Gasteiger partial charge < -0.3 is 19.7 Å². The molecule has 0 fully saturated rings. The summed E-state index contributed by atoms with van der Waals surface area (Å²) in [7, 11) is -1.43. The first-order valence-corrected chi connectivity index (χ1v) is 17.2. The van der Waals surface area contributed by atoms with E-state index in [1.165, 1.54) is 37.3 Å². The number of sulfonamides is 1. The van der Waals surface area contributed by atoms with E-state index in [9.17, 15) is 18.0 Å². The van der Waals surface area contributed by atoms with Crippen LogP contribution in [0.25, 0.3) is 0 Å². The van der Waals surface area contributed by atoms with Crippen LogP contribution >= 0.6 is 0 Å². The van der Waals surface area contributed by atoms with Crippen LogP contribution in [0.15, 0.2) is 102 Å². The minimum absolute atomic E-state index is 0.0784. The highest BCUT2D eigenvalue weighted by atomic mass is 32.2. The molecule has 254 valence electrons. The van der Waals surface area contributed by atoms with Crippen LogP contribution in [0.5, 0.6) is 11.5 Å². The maximum atomic E-state index is 14.7. The topological polar surface area (TPSA) is 105 Å². The lowest BCUT2D eigenvalue weighted by atomic mass is 10.00. The quantitative estimate of drug-likeness (QED) is 0.185. The van der Waals surface area contributed by atoms with Crippen molar-refractivity contribution in [2.24, 2.45) is 0 Å². The first kappa shape index (κ1) is 36.0. The van der Waals surface area contributed by atoms with Crippen molar-refractivity contribution in [1.82, 2.24) is 10.2 Å². The molecule has 4 aromatic rings. The van der Waals surface area contributed by atoms with Crippen molar-refractivity contribution in [2.45, 2.75) is 64.1 Å². The van der Waals surface area contributed by atoms with Gasteiger partial charge in [-0.15, -0.1) is 0 Å². The summed E-state index contributed by atoms with van der Waals surface area (Å²) in [5.74, 6) is -0.269. The molecule has 0 aliphatic heterocycles. The van der Waals surface area contributed by atoms with Gasteiger partial charge >= 0.3 is 0 Å². The molecule has 4 rings (SSSR count). The van der Waals surface area contributed by atoms with Crippen LogP contribution in [0.4, 0.5) is 5.69 Å². The number of aryl methyl sites for hydroxylation is 2. The number of methoxy groups -OCH3 is 2. The molecule has 0 unspecified atom stereocenters. The van der Waals surface area contributed by atoms with Gasteiger partial charge in [-0.2, -0.15) is 0 Å². The molecular weight excluding hydrogens is 627 g/mol. The van der Waals surface area contributed by atoms with Gasteiger partial charge in [-0.1, -0.05) is 72.3 Å². The molecule has 1 N–H and O–H groups in total. The van der Waals surface area contributed by atoms with Gasteiger partial charge in [0.25, 0.3) is 10.0 Å². The maximum Gasteiger partial charge on any atom is 0.264 e. The number of nitrogens with zero attached hydrogens (tertiary/aromatic N) is 2. The molecular formula is C38H45N3O6S. The number of carbonyl (C=O) groups excluding carboxylic acids is 2. The molecule has 0 saturated heterocycles. The van der Waals surface area contributed by atoms with Crippen molar-refractivity contribution in [3.05, 3.63) is 119 Å². The second-order valence-corrected chi connectivity index (χ2v) is 14.6. The number of amides is 2. The molecule has 0 aliphatic rings. The summed E-state index contributed by atoms with van der Waals surface area (Å²) in [5.41, 5.74) is 3.31. The first-order valence-electron chi connectivity index (χ1n) is 15.7. The second-order valence-electron chi connectivity index (χ2n) is 12.8. The maximum absolute atomic E-state index is 14.7. The number of anilines is 1. The average molecular weight is 672 g/mol. The fraction of sp³-hybridized carbons (Fsp3) is 0.316. The van der Waals surface area contributed by atoms with Gasteiger partial charge in [0, 0.05) is 24.6 Å². The standard InChI is InChI=1S/C38H45N3O6S/c1-27-17-19-31(20-18-27)41(48(44,45)32-21-22-34(46-6)35(24-32)47-7)26-36(42)40(25-30-16-12-11-13-28(30)2)33(37(43)39-38(3,4)5)23-29-14-9-8-10-15-29/h8-22,24,33H,23,25-26H2,1-7H3,(H,39,43)/t33-/m1/s1. The Hall–Kier alpha value is -4.83. The van der Waals surface area contributed by atoms with Crippen molar-refractivity contribution in [3.8, 4) is 11.5 Å². The van der Waals surface area contributed by atoms with Gasteiger partial charge in [0.15, 0.2) is 11.5 Å². The summed E-state index contributed by atoms with van der Waals surface area (Å²) in [4.78, 5) is 30.2. The van der Waals surface area contributed by atoms with Crippen molar-refractivity contribution < 1.29 is 27.5 Å². The molecule has 0 spiro atoms. The van der Waals surface area contributed by atoms with Crippen LogP contribution in [0.1, 0.15) is 43.0 Å². The molecule has 0 aliphatic carbocycles. The highest BCUT2D eigenvalue weighted by Crippen LogP contribution is 2.32. The van der Waals surface area contributed by atoms with Crippen LogP contribution in [0.3, 0.4) is 0 Å². The fourth-order valence-corrected chi connectivity index (χ4v) is 6.75. The smallest absolute Gasteiger partial charge is 0.264 e. The lowest BCUT2D eigenvalue weighted by molar-refractivity contribution is -0.140. The highest BCUT2D eigenvalue weighted by molar-refractivity contribution is 7.92. The minimum atomic E-state index is -4.32. The van der Waals surface area contributed by atoms with Crippen molar-refractivity contribution in [1.29, 1.82) is 0 Å². The van der Waals surface area contributed by atoms with Gasteiger partial charge in [-0.3, -0.25) is 13.9 Å². The molecule has 0 radical (unpaired) electrons. The Morgan fingerprint density at radius 2 is 1.44 bits per heavy atom. The van der Waals surface area contributed by atoms with Crippen molar-refractivity contribution in [3.63, 3.8) is 0 Å². The molecule has 0 bridgehead atoms. The van der Waals surface area contributed by atoms with E-state index in [0.717, 1.165) is 26.6 Å². The number of carbonyl (C=O) groups is 2. The molecule has 2 amide bonds. The Labute approximate surface area is 284 Å². The third-order valence-corrected chi connectivity index (χ3v) is 9.68. The van der Waals surface area contributed by atoms with Crippen LogP contribution in [0.2, 0.25) is 0 Å². The average Bonchev–Trinajstić information content (AvgIpc) is 3.05. The highest BCUT2D eigenvalue weighted by Gasteiger charge is 2.36. The molecule has 48 heavy (non-hydrogen) atoms. The number of hydrogen-bond acceptors (Lipinski definition) is 6. The summed E-state index contributed by atoms with van der Waals surface area (Å²) in [6, 6.07) is 27.4. The van der Waals surface area contributed by atoms with Gasteiger partial charge in [0.2, 0.25) is 11.8 Å². The van der Waals surface area contributed by atoms with E-state index in [4.69, 9.17) is 9.47 Å². The van der Waals surface area contributed by atoms with E-state index in [1.54, 1.807) is 24.3 Å². The summed E-state index contributed by atoms with van der Waals surface area (Å²) in [6.45, 7) is 9.03. The van der Waals surface area contributed by atoms with Gasteiger partial charge in [-0.25, -0.2) is 8.42 Å².